The van der Waals surface area contributed by atoms with Crippen LogP contribution in [0.5, 0.6) is 0 Å². The number of hydrogen-bond donors (Lipinski definition) is 2. The van der Waals surface area contributed by atoms with Crippen molar-refractivity contribution in [3.05, 3.63) is 72.3 Å². The molecule has 154 valence electrons. The Hall–Kier alpha value is -3.04. The Kier molecular flexibility index (Phi) is 5.65. The molecule has 1 atom stereocenters. The normalized spacial score (nSPS) is 12.8. The first-order valence-electron chi connectivity index (χ1n) is 9.20. The number of benzene rings is 2. The van der Waals surface area contributed by atoms with Gasteiger partial charge in [-0.2, -0.15) is 13.2 Å². The molecule has 2 aromatic carbocycles. The summed E-state index contributed by atoms with van der Waals surface area (Å²) in [7, 11) is 0. The van der Waals surface area contributed by atoms with Crippen molar-refractivity contribution in [3.8, 4) is 10.4 Å². The highest BCUT2D eigenvalue weighted by atomic mass is 32.1. The van der Waals surface area contributed by atoms with E-state index in [4.69, 9.17) is 5.73 Å². The molecular formula is C21H18F3N5S. The number of rotatable bonds is 6. The maximum atomic E-state index is 12.6. The second kappa shape index (κ2) is 8.37. The highest BCUT2D eigenvalue weighted by molar-refractivity contribution is 7.18. The van der Waals surface area contributed by atoms with Gasteiger partial charge < -0.3 is 11.1 Å². The number of hydrogen-bond acceptors (Lipinski definition) is 6. The van der Waals surface area contributed by atoms with Gasteiger partial charge in [-0.15, -0.1) is 0 Å². The smallest absolute Gasteiger partial charge is 0.360 e. The number of nitrogens with two attached hydrogens (primary N) is 1. The lowest BCUT2D eigenvalue weighted by Gasteiger charge is -2.13. The summed E-state index contributed by atoms with van der Waals surface area (Å²) in [6.07, 6.45) is 1.21. The Labute approximate surface area is 174 Å². The number of nitrogens with zero attached hydrogens (tertiary/aromatic N) is 3. The topological polar surface area (TPSA) is 76.7 Å². The van der Waals surface area contributed by atoms with Crippen LogP contribution in [0.1, 0.15) is 11.1 Å². The van der Waals surface area contributed by atoms with Crippen molar-refractivity contribution in [1.29, 1.82) is 0 Å². The summed E-state index contributed by atoms with van der Waals surface area (Å²) in [6, 6.07) is 10.8. The summed E-state index contributed by atoms with van der Waals surface area (Å²) in [5, 5.41) is 4.91. The molecule has 3 N–H and O–H groups in total. The molecule has 0 saturated carbocycles. The summed E-state index contributed by atoms with van der Waals surface area (Å²) in [4.78, 5) is 13.7. The largest absolute Gasteiger partial charge is 0.416 e. The van der Waals surface area contributed by atoms with Gasteiger partial charge in [0.05, 0.1) is 16.0 Å². The number of alkyl halides is 3. The maximum Gasteiger partial charge on any atom is 0.416 e. The zero-order chi connectivity index (χ0) is 21.1. The van der Waals surface area contributed by atoms with Crippen LogP contribution in [0.2, 0.25) is 0 Å². The Bertz CT molecular complexity index is 1140. The Morgan fingerprint density at radius 1 is 1.03 bits per heavy atom. The van der Waals surface area contributed by atoms with E-state index < -0.39 is 11.7 Å². The van der Waals surface area contributed by atoms with E-state index in [1.807, 2.05) is 18.2 Å². The number of aromatic nitrogens is 3. The minimum atomic E-state index is -4.33. The second-order valence-electron chi connectivity index (χ2n) is 6.87. The lowest BCUT2D eigenvalue weighted by atomic mass is 10.0. The van der Waals surface area contributed by atoms with Gasteiger partial charge in [0.15, 0.2) is 5.13 Å². The highest BCUT2D eigenvalue weighted by Gasteiger charge is 2.29. The fraction of sp³-hybridized carbons (Fsp3) is 0.190. The van der Waals surface area contributed by atoms with Crippen molar-refractivity contribution in [1.82, 2.24) is 15.0 Å². The standard InChI is InChI=1S/C21H18F3N5S/c22-21(23,24)16-5-1-13(2-6-16)7-17(25)10-27-20-28-11-19(30-20)14-3-4-15-9-26-12-29-18(15)8-14/h1-6,8-9,11-12,17H,7,10,25H2,(H,27,28)/t17-/m1/s1. The lowest BCUT2D eigenvalue weighted by molar-refractivity contribution is -0.137. The Morgan fingerprint density at radius 2 is 1.83 bits per heavy atom. The van der Waals surface area contributed by atoms with E-state index in [9.17, 15) is 13.2 Å². The van der Waals surface area contributed by atoms with Gasteiger partial charge in [0.2, 0.25) is 0 Å². The van der Waals surface area contributed by atoms with Crippen LogP contribution in [0.25, 0.3) is 21.3 Å². The van der Waals surface area contributed by atoms with Crippen LogP contribution >= 0.6 is 11.3 Å². The summed E-state index contributed by atoms with van der Waals surface area (Å²) in [6.45, 7) is 0.457. The van der Waals surface area contributed by atoms with Gasteiger partial charge >= 0.3 is 6.18 Å². The number of halogens is 3. The van der Waals surface area contributed by atoms with Crippen molar-refractivity contribution < 1.29 is 13.2 Å². The first-order valence-corrected chi connectivity index (χ1v) is 10.0. The number of anilines is 1. The summed E-state index contributed by atoms with van der Waals surface area (Å²) in [5.74, 6) is 0. The van der Waals surface area contributed by atoms with E-state index in [2.05, 4.69) is 20.3 Å². The van der Waals surface area contributed by atoms with Crippen LogP contribution in [0, 0.1) is 0 Å². The molecule has 0 bridgehead atoms. The van der Waals surface area contributed by atoms with Crippen molar-refractivity contribution in [2.24, 2.45) is 5.73 Å². The molecule has 30 heavy (non-hydrogen) atoms. The number of thiazole rings is 1. The van der Waals surface area contributed by atoms with Gasteiger partial charge in [0.25, 0.3) is 0 Å². The average molecular weight is 429 g/mol. The van der Waals surface area contributed by atoms with Crippen LogP contribution in [0.3, 0.4) is 0 Å². The summed E-state index contributed by atoms with van der Waals surface area (Å²) >= 11 is 1.50. The fourth-order valence-electron chi connectivity index (χ4n) is 3.04. The monoisotopic (exact) mass is 429 g/mol. The SMILES string of the molecule is N[C@@H](CNc1ncc(-c2ccc3cncnc3c2)s1)Cc1ccc(C(F)(F)F)cc1. The lowest BCUT2D eigenvalue weighted by Crippen LogP contribution is -2.31. The first kappa shape index (κ1) is 20.2. The molecule has 0 unspecified atom stereocenters. The molecule has 9 heteroatoms. The molecular weight excluding hydrogens is 411 g/mol. The third-order valence-corrected chi connectivity index (χ3v) is 5.60. The van der Waals surface area contributed by atoms with Crippen molar-refractivity contribution in [2.45, 2.75) is 18.6 Å². The molecule has 0 aliphatic heterocycles. The molecule has 0 spiro atoms. The molecule has 0 aliphatic rings. The highest BCUT2D eigenvalue weighted by Crippen LogP contribution is 2.31. The van der Waals surface area contributed by atoms with Crippen molar-refractivity contribution >= 4 is 27.4 Å². The van der Waals surface area contributed by atoms with Crippen LogP contribution < -0.4 is 11.1 Å². The number of nitrogens with one attached hydrogen (secondary N) is 1. The number of fused-ring (bicyclic) bond motifs is 1. The predicted octanol–water partition coefficient (Wildman–Crippen LogP) is 4.75. The molecule has 0 aliphatic carbocycles. The minimum absolute atomic E-state index is 0.258. The minimum Gasteiger partial charge on any atom is -0.360 e. The van der Waals surface area contributed by atoms with Gasteiger partial charge in [-0.25, -0.2) is 15.0 Å². The molecule has 2 aromatic heterocycles. The van der Waals surface area contributed by atoms with E-state index in [-0.39, 0.29) is 6.04 Å². The molecule has 0 fully saturated rings. The van der Waals surface area contributed by atoms with Crippen LogP contribution in [-0.2, 0) is 12.6 Å². The van der Waals surface area contributed by atoms with Gasteiger partial charge in [0, 0.05) is 30.4 Å². The first-order chi connectivity index (χ1) is 14.4. The maximum absolute atomic E-state index is 12.6. The van der Waals surface area contributed by atoms with E-state index in [1.54, 1.807) is 12.4 Å². The molecule has 4 aromatic rings. The average Bonchev–Trinajstić information content (AvgIpc) is 3.21. The zero-order valence-electron chi connectivity index (χ0n) is 15.7. The molecule has 2 heterocycles. The van der Waals surface area contributed by atoms with E-state index in [1.165, 1.54) is 29.8 Å². The van der Waals surface area contributed by atoms with E-state index >= 15 is 0 Å². The van der Waals surface area contributed by atoms with Crippen LogP contribution in [0.4, 0.5) is 18.3 Å². The van der Waals surface area contributed by atoms with Crippen molar-refractivity contribution in [3.63, 3.8) is 0 Å². The summed E-state index contributed by atoms with van der Waals surface area (Å²) in [5.41, 5.74) is 8.12. The van der Waals surface area contributed by atoms with E-state index in [0.29, 0.717) is 13.0 Å². The van der Waals surface area contributed by atoms with Gasteiger partial charge in [0.1, 0.15) is 6.33 Å². The van der Waals surface area contributed by atoms with Gasteiger partial charge in [-0.1, -0.05) is 35.6 Å². The third kappa shape index (κ3) is 4.74. The molecule has 0 amide bonds. The van der Waals surface area contributed by atoms with Crippen LogP contribution in [-0.4, -0.2) is 27.5 Å². The van der Waals surface area contributed by atoms with Gasteiger partial charge in [-0.3, -0.25) is 0 Å². The summed E-state index contributed by atoms with van der Waals surface area (Å²) < 4.78 is 37.9. The van der Waals surface area contributed by atoms with Crippen LogP contribution in [0.15, 0.2) is 61.2 Å². The second-order valence-corrected chi connectivity index (χ2v) is 7.90. The third-order valence-electron chi connectivity index (χ3n) is 4.59. The molecule has 0 radical (unpaired) electrons. The van der Waals surface area contributed by atoms with Gasteiger partial charge in [-0.05, 0) is 35.7 Å². The molecule has 5 nitrogen and oxygen atoms in total. The Balaban J connectivity index is 1.35. The molecule has 0 saturated heterocycles. The molecule has 4 rings (SSSR count). The van der Waals surface area contributed by atoms with Crippen molar-refractivity contribution in [2.75, 3.05) is 11.9 Å². The Morgan fingerprint density at radius 3 is 2.60 bits per heavy atom. The fourth-order valence-corrected chi connectivity index (χ4v) is 3.86. The zero-order valence-corrected chi connectivity index (χ0v) is 16.5. The van der Waals surface area contributed by atoms with E-state index in [0.717, 1.165) is 44.2 Å². The predicted molar refractivity (Wildman–Crippen MR) is 112 cm³/mol. The quantitative estimate of drug-likeness (QED) is 0.462.